The van der Waals surface area contributed by atoms with Crippen molar-refractivity contribution < 1.29 is 14.7 Å². The van der Waals surface area contributed by atoms with Gasteiger partial charge in [-0.3, -0.25) is 9.59 Å². The fourth-order valence-corrected chi connectivity index (χ4v) is 1.41. The van der Waals surface area contributed by atoms with E-state index in [1.807, 2.05) is 13.0 Å². The molecule has 0 spiro atoms. The number of benzene rings is 1. The molecule has 0 aliphatic heterocycles. The molecule has 2 N–H and O–H groups in total. The van der Waals surface area contributed by atoms with E-state index in [2.05, 4.69) is 5.32 Å². The Balaban J connectivity index is 2.62. The van der Waals surface area contributed by atoms with Crippen molar-refractivity contribution in [2.24, 2.45) is 0 Å². The molecule has 0 aliphatic rings. The lowest BCUT2D eigenvalue weighted by Crippen LogP contribution is -2.34. The Morgan fingerprint density at radius 3 is 2.69 bits per heavy atom. The molecule has 0 fully saturated rings. The Labute approximate surface area is 94.3 Å². The van der Waals surface area contributed by atoms with Crippen LogP contribution >= 0.6 is 0 Å². The molecule has 1 atom stereocenters. The molecule has 0 aromatic heterocycles. The lowest BCUT2D eigenvalue weighted by molar-refractivity contribution is -0.137. The molecule has 1 rings (SSSR count). The normalized spacial score (nSPS) is 11.9. The third-order valence-corrected chi connectivity index (χ3v) is 2.14. The quantitative estimate of drug-likeness (QED) is 0.811. The zero-order chi connectivity index (χ0) is 12.1. The van der Waals surface area contributed by atoms with E-state index in [0.717, 1.165) is 5.56 Å². The molecule has 1 amide bonds. The van der Waals surface area contributed by atoms with Crippen LogP contribution < -0.4 is 5.32 Å². The average molecular weight is 221 g/mol. The van der Waals surface area contributed by atoms with Gasteiger partial charge < -0.3 is 10.4 Å². The minimum atomic E-state index is -0.919. The zero-order valence-electron chi connectivity index (χ0n) is 9.36. The van der Waals surface area contributed by atoms with Crippen molar-refractivity contribution in [3.8, 4) is 0 Å². The second-order valence-electron chi connectivity index (χ2n) is 3.84. The fraction of sp³-hybridized carbons (Fsp3) is 0.333. The Morgan fingerprint density at radius 2 is 2.12 bits per heavy atom. The molecule has 0 saturated carbocycles. The predicted molar refractivity (Wildman–Crippen MR) is 60.4 cm³/mol. The van der Waals surface area contributed by atoms with Crippen LogP contribution in [0.3, 0.4) is 0 Å². The number of hydrogen-bond acceptors (Lipinski definition) is 2. The SMILES string of the molecule is Cc1cccc(C(=O)NC(C)CC(=O)O)c1. The number of aliphatic carboxylic acids is 1. The summed E-state index contributed by atoms with van der Waals surface area (Å²) < 4.78 is 0. The molecule has 1 aromatic carbocycles. The van der Waals surface area contributed by atoms with Gasteiger partial charge in [-0.05, 0) is 26.0 Å². The van der Waals surface area contributed by atoms with E-state index in [1.165, 1.54) is 0 Å². The molecule has 0 bridgehead atoms. The summed E-state index contributed by atoms with van der Waals surface area (Å²) in [6.07, 6.45) is -0.0719. The van der Waals surface area contributed by atoms with Gasteiger partial charge in [0.05, 0.1) is 6.42 Å². The maximum absolute atomic E-state index is 11.7. The minimum absolute atomic E-state index is 0.0719. The minimum Gasteiger partial charge on any atom is -0.481 e. The highest BCUT2D eigenvalue weighted by Gasteiger charge is 2.12. The summed E-state index contributed by atoms with van der Waals surface area (Å²) in [6.45, 7) is 3.57. The van der Waals surface area contributed by atoms with E-state index in [0.29, 0.717) is 5.56 Å². The van der Waals surface area contributed by atoms with Crippen LogP contribution in [0, 0.1) is 6.92 Å². The highest BCUT2D eigenvalue weighted by atomic mass is 16.4. The van der Waals surface area contributed by atoms with Crippen molar-refractivity contribution in [3.05, 3.63) is 35.4 Å². The van der Waals surface area contributed by atoms with Gasteiger partial charge in [0.2, 0.25) is 0 Å². The molecular weight excluding hydrogens is 206 g/mol. The summed E-state index contributed by atoms with van der Waals surface area (Å²) in [4.78, 5) is 22.1. The number of amides is 1. The van der Waals surface area contributed by atoms with Gasteiger partial charge >= 0.3 is 5.97 Å². The smallest absolute Gasteiger partial charge is 0.305 e. The number of rotatable bonds is 4. The molecule has 16 heavy (non-hydrogen) atoms. The summed E-state index contributed by atoms with van der Waals surface area (Å²) in [5.41, 5.74) is 1.55. The summed E-state index contributed by atoms with van der Waals surface area (Å²) in [6, 6.07) is 6.80. The van der Waals surface area contributed by atoms with E-state index >= 15 is 0 Å². The fourth-order valence-electron chi connectivity index (χ4n) is 1.41. The first kappa shape index (κ1) is 12.2. The van der Waals surface area contributed by atoms with Gasteiger partial charge in [0.15, 0.2) is 0 Å². The van der Waals surface area contributed by atoms with Crippen molar-refractivity contribution in [1.82, 2.24) is 5.32 Å². The summed E-state index contributed by atoms with van der Waals surface area (Å²) in [5, 5.41) is 11.2. The van der Waals surface area contributed by atoms with Gasteiger partial charge in [0.1, 0.15) is 0 Å². The van der Waals surface area contributed by atoms with E-state index in [-0.39, 0.29) is 18.4 Å². The second kappa shape index (κ2) is 5.30. The number of carboxylic acids is 1. The molecule has 0 aliphatic carbocycles. The second-order valence-corrected chi connectivity index (χ2v) is 3.84. The average Bonchev–Trinajstić information content (AvgIpc) is 2.16. The van der Waals surface area contributed by atoms with Crippen molar-refractivity contribution in [1.29, 1.82) is 0 Å². The van der Waals surface area contributed by atoms with Crippen LogP contribution in [0.15, 0.2) is 24.3 Å². The predicted octanol–water partition coefficient (Wildman–Crippen LogP) is 1.59. The molecule has 1 aromatic rings. The summed E-state index contributed by atoms with van der Waals surface area (Å²) >= 11 is 0. The van der Waals surface area contributed by atoms with E-state index < -0.39 is 5.97 Å². The molecule has 4 heteroatoms. The number of carboxylic acid groups (broad SMARTS) is 1. The van der Waals surface area contributed by atoms with Crippen LogP contribution in [0.4, 0.5) is 0 Å². The van der Waals surface area contributed by atoms with Gasteiger partial charge in [-0.1, -0.05) is 17.7 Å². The number of hydrogen-bond donors (Lipinski definition) is 2. The van der Waals surface area contributed by atoms with Crippen molar-refractivity contribution in [2.45, 2.75) is 26.3 Å². The Kier molecular flexibility index (Phi) is 4.05. The monoisotopic (exact) mass is 221 g/mol. The van der Waals surface area contributed by atoms with Crippen LogP contribution in [0.5, 0.6) is 0 Å². The van der Waals surface area contributed by atoms with Gasteiger partial charge in [0, 0.05) is 11.6 Å². The maximum atomic E-state index is 11.7. The Hall–Kier alpha value is -1.84. The lowest BCUT2D eigenvalue weighted by Gasteiger charge is -2.11. The van der Waals surface area contributed by atoms with E-state index in [1.54, 1.807) is 25.1 Å². The molecule has 4 nitrogen and oxygen atoms in total. The first-order valence-electron chi connectivity index (χ1n) is 5.08. The third-order valence-electron chi connectivity index (χ3n) is 2.14. The van der Waals surface area contributed by atoms with Crippen LogP contribution in [0.1, 0.15) is 29.3 Å². The van der Waals surface area contributed by atoms with Gasteiger partial charge in [-0.15, -0.1) is 0 Å². The standard InChI is InChI=1S/C12H15NO3/c1-8-4-3-5-10(6-8)12(16)13-9(2)7-11(14)15/h3-6,9H,7H2,1-2H3,(H,13,16)(H,14,15). The van der Waals surface area contributed by atoms with Crippen molar-refractivity contribution in [3.63, 3.8) is 0 Å². The highest BCUT2D eigenvalue weighted by molar-refractivity contribution is 5.94. The number of aryl methyl sites for hydroxylation is 1. The van der Waals surface area contributed by atoms with E-state index in [9.17, 15) is 9.59 Å². The van der Waals surface area contributed by atoms with Crippen LogP contribution in [-0.2, 0) is 4.79 Å². The van der Waals surface area contributed by atoms with Crippen LogP contribution in [0.2, 0.25) is 0 Å². The first-order chi connectivity index (χ1) is 7.49. The van der Waals surface area contributed by atoms with Gasteiger partial charge in [-0.25, -0.2) is 0 Å². The number of carbonyl (C=O) groups is 2. The number of carbonyl (C=O) groups excluding carboxylic acids is 1. The molecule has 0 heterocycles. The van der Waals surface area contributed by atoms with Crippen LogP contribution in [0.25, 0.3) is 0 Å². The van der Waals surface area contributed by atoms with Crippen molar-refractivity contribution >= 4 is 11.9 Å². The Bertz CT molecular complexity index is 401. The molecule has 86 valence electrons. The maximum Gasteiger partial charge on any atom is 0.305 e. The molecule has 0 saturated heterocycles. The zero-order valence-corrected chi connectivity index (χ0v) is 9.36. The van der Waals surface area contributed by atoms with Gasteiger partial charge in [0.25, 0.3) is 5.91 Å². The first-order valence-corrected chi connectivity index (χ1v) is 5.08. The summed E-state index contributed by atoms with van der Waals surface area (Å²) in [7, 11) is 0. The van der Waals surface area contributed by atoms with Crippen LogP contribution in [-0.4, -0.2) is 23.0 Å². The molecule has 0 radical (unpaired) electrons. The topological polar surface area (TPSA) is 66.4 Å². The largest absolute Gasteiger partial charge is 0.481 e. The number of nitrogens with one attached hydrogen (secondary N) is 1. The summed E-state index contributed by atoms with van der Waals surface area (Å²) in [5.74, 6) is -1.16. The van der Waals surface area contributed by atoms with Gasteiger partial charge in [-0.2, -0.15) is 0 Å². The molecular formula is C12H15NO3. The van der Waals surface area contributed by atoms with Crippen molar-refractivity contribution in [2.75, 3.05) is 0 Å². The molecule has 1 unspecified atom stereocenters. The highest BCUT2D eigenvalue weighted by Crippen LogP contribution is 2.04. The van der Waals surface area contributed by atoms with E-state index in [4.69, 9.17) is 5.11 Å². The third kappa shape index (κ3) is 3.73. The Morgan fingerprint density at radius 1 is 1.44 bits per heavy atom. The lowest BCUT2D eigenvalue weighted by atomic mass is 10.1.